The van der Waals surface area contributed by atoms with E-state index in [4.69, 9.17) is 9.52 Å². The quantitative estimate of drug-likeness (QED) is 0.518. The predicted octanol–water partition coefficient (Wildman–Crippen LogP) is 3.85. The van der Waals surface area contributed by atoms with E-state index in [1.807, 2.05) is 25.2 Å². The van der Waals surface area contributed by atoms with Crippen molar-refractivity contribution in [3.63, 3.8) is 0 Å². The Bertz CT molecular complexity index is 729. The maximum absolute atomic E-state index is 5.31. The zero-order valence-electron chi connectivity index (χ0n) is 17.5. The summed E-state index contributed by atoms with van der Waals surface area (Å²) in [6, 6.07) is 4.80. The minimum absolute atomic E-state index is 0.272. The van der Waals surface area contributed by atoms with Crippen molar-refractivity contribution in [2.24, 2.45) is 4.99 Å². The molecule has 2 N–H and O–H groups in total. The Hall–Kier alpha value is -1.86. The highest BCUT2D eigenvalue weighted by atomic mass is 32.1. The van der Waals surface area contributed by atoms with Crippen LogP contribution in [0.1, 0.15) is 60.5 Å². The number of nitrogens with zero attached hydrogens (tertiary/aromatic N) is 3. The molecule has 3 heterocycles. The normalized spacial score (nSPS) is 17.6. The number of aromatic nitrogens is 1. The van der Waals surface area contributed by atoms with Crippen LogP contribution >= 0.6 is 11.3 Å². The number of guanidine groups is 1. The highest BCUT2D eigenvalue weighted by molar-refractivity contribution is 7.10. The second-order valence-corrected chi connectivity index (χ2v) is 8.49. The van der Waals surface area contributed by atoms with Gasteiger partial charge in [-0.05, 0) is 58.1 Å². The molecule has 1 aliphatic heterocycles. The fraction of sp³-hybridized carbons (Fsp3) is 0.619. The first kappa shape index (κ1) is 20.9. The van der Waals surface area contributed by atoms with Crippen LogP contribution in [0.5, 0.6) is 0 Å². The Kier molecular flexibility index (Phi) is 7.50. The number of rotatable bonds is 8. The number of thiophene rings is 1. The molecule has 2 unspecified atom stereocenters. The smallest absolute Gasteiger partial charge is 0.191 e. The van der Waals surface area contributed by atoms with E-state index in [-0.39, 0.29) is 5.92 Å². The molecular formula is C21H33N5OS. The van der Waals surface area contributed by atoms with E-state index in [1.165, 1.54) is 36.4 Å². The summed E-state index contributed by atoms with van der Waals surface area (Å²) in [6.07, 6.45) is 2.59. The number of nitrogens with one attached hydrogen (secondary N) is 2. The first-order valence-electron chi connectivity index (χ1n) is 10.3. The molecule has 1 aliphatic rings. The average molecular weight is 404 g/mol. The van der Waals surface area contributed by atoms with Crippen molar-refractivity contribution in [3.05, 3.63) is 39.4 Å². The lowest BCUT2D eigenvalue weighted by Crippen LogP contribution is -2.42. The van der Waals surface area contributed by atoms with Crippen LogP contribution in [0.25, 0.3) is 0 Å². The van der Waals surface area contributed by atoms with Gasteiger partial charge in [0.25, 0.3) is 0 Å². The van der Waals surface area contributed by atoms with Crippen LogP contribution < -0.4 is 10.6 Å². The summed E-state index contributed by atoms with van der Waals surface area (Å²) in [5, 5.41) is 13.2. The van der Waals surface area contributed by atoms with Gasteiger partial charge in [0.05, 0.1) is 11.7 Å². The van der Waals surface area contributed by atoms with Gasteiger partial charge in [0.2, 0.25) is 0 Å². The number of aliphatic imine (C=N–C) groups is 1. The van der Waals surface area contributed by atoms with Gasteiger partial charge in [-0.3, -0.25) is 9.89 Å². The summed E-state index contributed by atoms with van der Waals surface area (Å²) in [4.78, 5) is 8.86. The van der Waals surface area contributed by atoms with Crippen molar-refractivity contribution >= 4 is 17.3 Å². The minimum atomic E-state index is 0.272. The molecule has 28 heavy (non-hydrogen) atoms. The topological polar surface area (TPSA) is 65.7 Å². The summed E-state index contributed by atoms with van der Waals surface area (Å²) in [7, 11) is 0. The van der Waals surface area contributed by atoms with Gasteiger partial charge in [0, 0.05) is 36.0 Å². The summed E-state index contributed by atoms with van der Waals surface area (Å²) < 4.78 is 5.31. The third-order valence-corrected chi connectivity index (χ3v) is 6.34. The Morgan fingerprint density at radius 2 is 2.11 bits per heavy atom. The van der Waals surface area contributed by atoms with Crippen molar-refractivity contribution < 1.29 is 4.52 Å². The van der Waals surface area contributed by atoms with Crippen LogP contribution in [0.3, 0.4) is 0 Å². The maximum atomic E-state index is 5.31. The number of hydrogen-bond acceptors (Lipinski definition) is 5. The molecule has 0 aromatic carbocycles. The molecule has 1 saturated heterocycles. The first-order chi connectivity index (χ1) is 13.6. The molecule has 0 saturated carbocycles. The average Bonchev–Trinajstić information content (AvgIpc) is 3.43. The van der Waals surface area contributed by atoms with E-state index in [2.05, 4.69) is 52.1 Å². The lowest BCUT2D eigenvalue weighted by Gasteiger charge is -2.27. The van der Waals surface area contributed by atoms with E-state index in [0.717, 1.165) is 30.5 Å². The molecule has 1 fully saturated rings. The Morgan fingerprint density at radius 3 is 2.71 bits per heavy atom. The number of aryl methyl sites for hydroxylation is 2. The molecular weight excluding hydrogens is 370 g/mol. The third-order valence-electron chi connectivity index (χ3n) is 5.36. The van der Waals surface area contributed by atoms with Crippen LogP contribution in [-0.4, -0.2) is 48.7 Å². The van der Waals surface area contributed by atoms with Crippen molar-refractivity contribution in [1.82, 2.24) is 20.7 Å². The molecule has 3 rings (SSSR count). The van der Waals surface area contributed by atoms with Gasteiger partial charge in [-0.2, -0.15) is 0 Å². The SMILES string of the molecule is CCNC(=NCC(C)c1c(C)noc1C)NCC(c1cccs1)N1CCCC1. The number of likely N-dealkylation sites (tertiary alicyclic amines) is 1. The van der Waals surface area contributed by atoms with Crippen LogP contribution in [0, 0.1) is 13.8 Å². The van der Waals surface area contributed by atoms with E-state index in [9.17, 15) is 0 Å². The van der Waals surface area contributed by atoms with Crippen LogP contribution in [-0.2, 0) is 0 Å². The van der Waals surface area contributed by atoms with Crippen molar-refractivity contribution in [2.45, 2.75) is 52.5 Å². The van der Waals surface area contributed by atoms with Crippen LogP contribution in [0.4, 0.5) is 0 Å². The summed E-state index contributed by atoms with van der Waals surface area (Å²) in [5.41, 5.74) is 2.14. The van der Waals surface area contributed by atoms with Gasteiger partial charge in [0.15, 0.2) is 5.96 Å². The lowest BCUT2D eigenvalue weighted by molar-refractivity contribution is 0.249. The van der Waals surface area contributed by atoms with Gasteiger partial charge < -0.3 is 15.2 Å². The zero-order valence-corrected chi connectivity index (χ0v) is 18.3. The molecule has 2 atom stereocenters. The summed E-state index contributed by atoms with van der Waals surface area (Å²) >= 11 is 1.84. The Morgan fingerprint density at radius 1 is 1.32 bits per heavy atom. The Labute approximate surface area is 172 Å². The molecule has 2 aromatic rings. The monoisotopic (exact) mass is 403 g/mol. The molecule has 0 spiro atoms. The second kappa shape index (κ2) is 10.1. The largest absolute Gasteiger partial charge is 0.361 e. The predicted molar refractivity (Wildman–Crippen MR) is 116 cm³/mol. The van der Waals surface area contributed by atoms with Gasteiger partial charge >= 0.3 is 0 Å². The van der Waals surface area contributed by atoms with E-state index in [1.54, 1.807) is 0 Å². The van der Waals surface area contributed by atoms with E-state index < -0.39 is 0 Å². The zero-order chi connectivity index (χ0) is 19.9. The maximum Gasteiger partial charge on any atom is 0.191 e. The lowest BCUT2D eigenvalue weighted by atomic mass is 10.00. The standard InChI is InChI=1S/C21H33N5OS/c1-5-22-21(23-13-15(2)20-16(3)25-27-17(20)4)24-14-18(19-9-8-12-28-19)26-10-6-7-11-26/h8-9,12,15,18H,5-7,10-11,13-14H2,1-4H3,(H2,22,23,24). The molecule has 0 radical (unpaired) electrons. The fourth-order valence-electron chi connectivity index (χ4n) is 3.99. The minimum Gasteiger partial charge on any atom is -0.361 e. The molecule has 2 aromatic heterocycles. The highest BCUT2D eigenvalue weighted by Crippen LogP contribution is 2.28. The second-order valence-electron chi connectivity index (χ2n) is 7.51. The van der Waals surface area contributed by atoms with E-state index in [0.29, 0.717) is 12.6 Å². The molecule has 0 bridgehead atoms. The van der Waals surface area contributed by atoms with Crippen molar-refractivity contribution in [3.8, 4) is 0 Å². The van der Waals surface area contributed by atoms with Crippen molar-refractivity contribution in [2.75, 3.05) is 32.7 Å². The highest BCUT2D eigenvalue weighted by Gasteiger charge is 2.24. The van der Waals surface area contributed by atoms with Gasteiger partial charge in [-0.15, -0.1) is 11.3 Å². The molecule has 6 nitrogen and oxygen atoms in total. The summed E-state index contributed by atoms with van der Waals surface area (Å²) in [6.45, 7) is 13.0. The van der Waals surface area contributed by atoms with Gasteiger partial charge in [-0.1, -0.05) is 18.1 Å². The Balaban J connectivity index is 1.65. The molecule has 154 valence electrons. The van der Waals surface area contributed by atoms with Crippen LogP contribution in [0.15, 0.2) is 27.0 Å². The molecule has 0 amide bonds. The number of hydrogen-bond donors (Lipinski definition) is 2. The molecule has 7 heteroatoms. The summed E-state index contributed by atoms with van der Waals surface area (Å²) in [5.74, 6) is 2.04. The molecule has 0 aliphatic carbocycles. The van der Waals surface area contributed by atoms with Gasteiger partial charge in [0.1, 0.15) is 5.76 Å². The first-order valence-corrected chi connectivity index (χ1v) is 11.2. The van der Waals surface area contributed by atoms with Gasteiger partial charge in [-0.25, -0.2) is 0 Å². The fourth-order valence-corrected chi connectivity index (χ4v) is 4.85. The van der Waals surface area contributed by atoms with Crippen molar-refractivity contribution in [1.29, 1.82) is 0 Å². The van der Waals surface area contributed by atoms with E-state index >= 15 is 0 Å². The van der Waals surface area contributed by atoms with Crippen LogP contribution in [0.2, 0.25) is 0 Å². The third kappa shape index (κ3) is 5.14.